The largest absolute Gasteiger partial charge is 0.443 e. The summed E-state index contributed by atoms with van der Waals surface area (Å²) >= 11 is 6.11. The van der Waals surface area contributed by atoms with E-state index in [9.17, 15) is 8.42 Å². The van der Waals surface area contributed by atoms with Crippen LogP contribution in [0.4, 0.5) is 5.69 Å². The molecule has 0 radical (unpaired) electrons. The van der Waals surface area contributed by atoms with Crippen molar-refractivity contribution in [3.63, 3.8) is 0 Å². The Kier molecular flexibility index (Phi) is 5.11. The van der Waals surface area contributed by atoms with Crippen LogP contribution < -0.4 is 4.72 Å². The number of nitrogens with one attached hydrogen (secondary N) is 1. The summed E-state index contributed by atoms with van der Waals surface area (Å²) in [6.45, 7) is 0. The quantitative estimate of drug-likeness (QED) is 0.444. The van der Waals surface area contributed by atoms with Crippen molar-refractivity contribution in [3.8, 4) is 0 Å². The molecule has 1 heterocycles. The van der Waals surface area contributed by atoms with E-state index in [0.29, 0.717) is 22.7 Å². The molecule has 142 valence electrons. The number of para-hydroxylation sites is 1. The van der Waals surface area contributed by atoms with Gasteiger partial charge in [-0.2, -0.15) is 8.42 Å². The second kappa shape index (κ2) is 7.70. The van der Waals surface area contributed by atoms with E-state index in [1.54, 1.807) is 24.3 Å². The zero-order valence-electron chi connectivity index (χ0n) is 14.9. The number of furan rings is 1. The van der Waals surface area contributed by atoms with Gasteiger partial charge in [-0.05, 0) is 42.2 Å². The van der Waals surface area contributed by atoms with Gasteiger partial charge in [-0.1, -0.05) is 66.2 Å². The van der Waals surface area contributed by atoms with Gasteiger partial charge in [-0.3, -0.25) is 4.72 Å². The lowest BCUT2D eigenvalue weighted by molar-refractivity contribution is 0.484. The van der Waals surface area contributed by atoms with Crippen LogP contribution in [-0.4, -0.2) is 8.42 Å². The Hall–Kier alpha value is -2.76. The summed E-state index contributed by atoms with van der Waals surface area (Å²) in [5.41, 5.74) is 3.04. The summed E-state index contributed by atoms with van der Waals surface area (Å²) < 4.78 is 33.9. The van der Waals surface area contributed by atoms with Gasteiger partial charge in [0.25, 0.3) is 10.0 Å². The van der Waals surface area contributed by atoms with Gasteiger partial charge in [0.05, 0.1) is 5.69 Å². The standard InChI is InChI=1S/C22H18ClNO3S/c23-19-13-12-17(11-10-16-6-2-1-3-7-16)20(15-19)24-28(25,26)22-14-18-8-4-5-9-21(18)27-22/h1-9,12-15,24H,10-11H2. The highest BCUT2D eigenvalue weighted by Gasteiger charge is 2.21. The third-order valence-electron chi connectivity index (χ3n) is 4.51. The molecule has 0 aliphatic rings. The lowest BCUT2D eigenvalue weighted by Gasteiger charge is -2.12. The third-order valence-corrected chi connectivity index (χ3v) is 5.96. The van der Waals surface area contributed by atoms with Crippen LogP contribution in [0.15, 0.2) is 88.4 Å². The molecule has 28 heavy (non-hydrogen) atoms. The van der Waals surface area contributed by atoms with Crippen molar-refractivity contribution < 1.29 is 12.8 Å². The van der Waals surface area contributed by atoms with Crippen LogP contribution in [0, 0.1) is 0 Å². The molecule has 1 N–H and O–H groups in total. The summed E-state index contributed by atoms with van der Waals surface area (Å²) in [5, 5.41) is 1.08. The van der Waals surface area contributed by atoms with Crippen LogP contribution in [0.3, 0.4) is 0 Å². The van der Waals surface area contributed by atoms with Crippen molar-refractivity contribution in [2.24, 2.45) is 0 Å². The molecule has 4 aromatic rings. The van der Waals surface area contributed by atoms with Gasteiger partial charge in [0, 0.05) is 16.5 Å². The van der Waals surface area contributed by atoms with Crippen LogP contribution in [0.25, 0.3) is 11.0 Å². The maximum absolute atomic E-state index is 12.9. The number of anilines is 1. The van der Waals surface area contributed by atoms with Crippen LogP contribution >= 0.6 is 11.6 Å². The summed E-state index contributed by atoms with van der Waals surface area (Å²) in [5.74, 6) is 0. The SMILES string of the molecule is O=S(=O)(Nc1cc(Cl)ccc1CCc1ccccc1)c1cc2ccccc2o1. The van der Waals surface area contributed by atoms with Gasteiger partial charge in [0.1, 0.15) is 5.58 Å². The maximum Gasteiger partial charge on any atom is 0.295 e. The third kappa shape index (κ3) is 4.06. The monoisotopic (exact) mass is 411 g/mol. The molecule has 0 spiro atoms. The molecule has 6 heteroatoms. The molecule has 1 aromatic heterocycles. The molecular formula is C22H18ClNO3S. The minimum Gasteiger partial charge on any atom is -0.443 e. The first-order valence-electron chi connectivity index (χ1n) is 8.85. The molecular weight excluding hydrogens is 394 g/mol. The molecule has 0 saturated heterocycles. The molecule has 0 atom stereocenters. The van der Waals surface area contributed by atoms with E-state index in [4.69, 9.17) is 16.0 Å². The molecule has 0 saturated carbocycles. The van der Waals surface area contributed by atoms with Gasteiger partial charge < -0.3 is 4.42 Å². The van der Waals surface area contributed by atoms with Crippen LogP contribution in [0.1, 0.15) is 11.1 Å². The topological polar surface area (TPSA) is 59.3 Å². The van der Waals surface area contributed by atoms with Gasteiger partial charge >= 0.3 is 0 Å². The molecule has 4 rings (SSSR count). The first kappa shape index (κ1) is 18.6. The Morgan fingerprint density at radius 3 is 2.39 bits per heavy atom. The van der Waals surface area contributed by atoms with Gasteiger partial charge in [0.2, 0.25) is 5.09 Å². The Morgan fingerprint density at radius 2 is 1.61 bits per heavy atom. The van der Waals surface area contributed by atoms with Crippen LogP contribution in [0.5, 0.6) is 0 Å². The smallest absolute Gasteiger partial charge is 0.295 e. The lowest BCUT2D eigenvalue weighted by atomic mass is 10.0. The molecule has 0 unspecified atom stereocenters. The number of hydrogen-bond donors (Lipinski definition) is 1. The molecule has 0 fully saturated rings. The second-order valence-corrected chi connectivity index (χ2v) is 8.55. The van der Waals surface area contributed by atoms with Gasteiger partial charge in [-0.25, -0.2) is 0 Å². The number of sulfonamides is 1. The highest BCUT2D eigenvalue weighted by atomic mass is 35.5. The zero-order chi connectivity index (χ0) is 19.6. The number of halogens is 1. The van der Waals surface area contributed by atoms with E-state index in [0.717, 1.165) is 17.4 Å². The predicted molar refractivity (Wildman–Crippen MR) is 112 cm³/mol. The number of benzene rings is 3. The highest BCUT2D eigenvalue weighted by molar-refractivity contribution is 7.92. The van der Waals surface area contributed by atoms with E-state index in [1.807, 2.05) is 48.5 Å². The zero-order valence-corrected chi connectivity index (χ0v) is 16.5. The summed E-state index contributed by atoms with van der Waals surface area (Å²) in [7, 11) is -3.87. The fraction of sp³-hybridized carbons (Fsp3) is 0.0909. The Bertz CT molecular complexity index is 1180. The fourth-order valence-electron chi connectivity index (χ4n) is 3.07. The molecule has 0 aliphatic heterocycles. The average molecular weight is 412 g/mol. The predicted octanol–water partition coefficient (Wildman–Crippen LogP) is 5.67. The number of rotatable bonds is 6. The molecule has 0 amide bonds. The number of hydrogen-bond acceptors (Lipinski definition) is 3. The van der Waals surface area contributed by atoms with Gasteiger partial charge in [-0.15, -0.1) is 0 Å². The van der Waals surface area contributed by atoms with Crippen molar-refractivity contribution in [2.45, 2.75) is 17.9 Å². The van der Waals surface area contributed by atoms with Crippen LogP contribution in [-0.2, 0) is 22.9 Å². The van der Waals surface area contributed by atoms with E-state index >= 15 is 0 Å². The van der Waals surface area contributed by atoms with Crippen molar-refractivity contribution in [3.05, 3.63) is 95.0 Å². The lowest BCUT2D eigenvalue weighted by Crippen LogP contribution is -2.13. The Morgan fingerprint density at radius 1 is 0.857 bits per heavy atom. The van der Waals surface area contributed by atoms with Crippen LogP contribution in [0.2, 0.25) is 5.02 Å². The first-order valence-corrected chi connectivity index (χ1v) is 10.7. The Balaban J connectivity index is 1.61. The van der Waals surface area contributed by atoms with E-state index in [-0.39, 0.29) is 5.09 Å². The molecule has 0 aliphatic carbocycles. The molecule has 0 bridgehead atoms. The number of aryl methyl sites for hydroxylation is 2. The minimum atomic E-state index is -3.87. The minimum absolute atomic E-state index is 0.123. The van der Waals surface area contributed by atoms with Crippen molar-refractivity contribution in [2.75, 3.05) is 4.72 Å². The maximum atomic E-state index is 12.9. The van der Waals surface area contributed by atoms with Gasteiger partial charge in [0.15, 0.2) is 0 Å². The summed E-state index contributed by atoms with van der Waals surface area (Å²) in [6, 6.07) is 24.0. The Labute approximate surface area is 168 Å². The first-order chi connectivity index (χ1) is 13.5. The normalized spacial score (nSPS) is 11.6. The van der Waals surface area contributed by atoms with E-state index in [2.05, 4.69) is 4.72 Å². The van der Waals surface area contributed by atoms with E-state index < -0.39 is 10.0 Å². The number of fused-ring (bicyclic) bond motifs is 1. The molecule has 4 nitrogen and oxygen atoms in total. The summed E-state index contributed by atoms with van der Waals surface area (Å²) in [4.78, 5) is 0. The average Bonchev–Trinajstić information content (AvgIpc) is 3.13. The van der Waals surface area contributed by atoms with Crippen molar-refractivity contribution in [1.82, 2.24) is 0 Å². The summed E-state index contributed by atoms with van der Waals surface area (Å²) in [6.07, 6.45) is 1.47. The van der Waals surface area contributed by atoms with Crippen molar-refractivity contribution in [1.29, 1.82) is 0 Å². The van der Waals surface area contributed by atoms with Crippen molar-refractivity contribution >= 4 is 38.3 Å². The fourth-order valence-corrected chi connectivity index (χ4v) is 4.30. The second-order valence-electron chi connectivity index (χ2n) is 6.50. The molecule has 3 aromatic carbocycles. The van der Waals surface area contributed by atoms with E-state index in [1.165, 1.54) is 11.6 Å². The highest BCUT2D eigenvalue weighted by Crippen LogP contribution is 2.28.